The minimum Gasteiger partial charge on any atom is -0.493 e. The Kier molecular flexibility index (Phi) is 6.57. The van der Waals surface area contributed by atoms with Crippen molar-refractivity contribution < 1.29 is 14.3 Å². The molecule has 2 N–H and O–H groups in total. The van der Waals surface area contributed by atoms with Gasteiger partial charge in [-0.3, -0.25) is 4.79 Å². The Hall–Kier alpha value is -2.82. The second-order valence-electron chi connectivity index (χ2n) is 5.94. The highest BCUT2D eigenvalue weighted by Gasteiger charge is 2.05. The van der Waals surface area contributed by atoms with E-state index in [2.05, 4.69) is 10.6 Å². The van der Waals surface area contributed by atoms with Gasteiger partial charge in [0.2, 0.25) is 0 Å². The van der Waals surface area contributed by atoms with Gasteiger partial charge < -0.3 is 15.4 Å². The number of amides is 2. The first-order valence-electron chi connectivity index (χ1n) is 8.32. The molecule has 0 bridgehead atoms. The zero-order valence-electron chi connectivity index (χ0n) is 14.9. The van der Waals surface area contributed by atoms with Crippen LogP contribution in [0.15, 0.2) is 42.5 Å². The van der Waals surface area contributed by atoms with Crippen molar-refractivity contribution in [2.75, 3.05) is 18.5 Å². The molecule has 0 aromatic heterocycles. The van der Waals surface area contributed by atoms with E-state index in [1.165, 1.54) is 6.92 Å². The fourth-order valence-electron chi connectivity index (χ4n) is 2.44. The highest BCUT2D eigenvalue weighted by atomic mass is 16.5. The van der Waals surface area contributed by atoms with Crippen LogP contribution in [0.5, 0.6) is 5.75 Å². The molecule has 0 spiro atoms. The Morgan fingerprint density at radius 2 is 1.64 bits per heavy atom. The Morgan fingerprint density at radius 3 is 2.24 bits per heavy atom. The summed E-state index contributed by atoms with van der Waals surface area (Å²) >= 11 is 0. The van der Waals surface area contributed by atoms with E-state index in [0.717, 1.165) is 16.9 Å². The van der Waals surface area contributed by atoms with Crippen molar-refractivity contribution in [2.24, 2.45) is 0 Å². The Morgan fingerprint density at radius 1 is 1.00 bits per heavy atom. The molecule has 2 amide bonds. The van der Waals surface area contributed by atoms with Crippen LogP contribution in [0.3, 0.4) is 0 Å². The number of rotatable bonds is 7. The van der Waals surface area contributed by atoms with Crippen molar-refractivity contribution in [3.05, 3.63) is 59.2 Å². The summed E-state index contributed by atoms with van der Waals surface area (Å²) in [5.41, 5.74) is 3.49. The summed E-state index contributed by atoms with van der Waals surface area (Å²) in [6.45, 7) is 6.61. The number of ether oxygens (including phenoxy) is 1. The molecule has 0 heterocycles. The third-order valence-electron chi connectivity index (χ3n) is 3.81. The predicted molar refractivity (Wildman–Crippen MR) is 99.5 cm³/mol. The molecule has 0 aliphatic rings. The molecule has 5 nitrogen and oxygen atoms in total. The van der Waals surface area contributed by atoms with E-state index in [0.29, 0.717) is 30.8 Å². The maximum Gasteiger partial charge on any atom is 0.319 e. The smallest absolute Gasteiger partial charge is 0.319 e. The molecule has 2 rings (SSSR count). The fraction of sp³-hybridized carbons (Fsp3) is 0.300. The number of benzene rings is 2. The van der Waals surface area contributed by atoms with Gasteiger partial charge in [-0.2, -0.15) is 0 Å². The van der Waals surface area contributed by atoms with Gasteiger partial charge in [-0.15, -0.1) is 0 Å². The van der Waals surface area contributed by atoms with Crippen LogP contribution in [0.4, 0.5) is 10.5 Å². The van der Waals surface area contributed by atoms with E-state index in [-0.39, 0.29) is 11.8 Å². The van der Waals surface area contributed by atoms with E-state index in [9.17, 15) is 9.59 Å². The molecule has 2 aromatic carbocycles. The summed E-state index contributed by atoms with van der Waals surface area (Å²) in [6.07, 6.45) is 0.713. The normalized spacial score (nSPS) is 10.2. The van der Waals surface area contributed by atoms with E-state index in [1.807, 2.05) is 32.0 Å². The molecule has 0 saturated heterocycles. The largest absolute Gasteiger partial charge is 0.493 e. The number of hydrogen-bond donors (Lipinski definition) is 2. The highest BCUT2D eigenvalue weighted by Crippen LogP contribution is 2.22. The Labute approximate surface area is 148 Å². The number of anilines is 1. The number of urea groups is 1. The first-order chi connectivity index (χ1) is 12.0. The summed E-state index contributed by atoms with van der Waals surface area (Å²) in [7, 11) is 0. The van der Waals surface area contributed by atoms with Crippen molar-refractivity contribution >= 4 is 17.5 Å². The van der Waals surface area contributed by atoms with Gasteiger partial charge in [-0.1, -0.05) is 18.2 Å². The van der Waals surface area contributed by atoms with Gasteiger partial charge >= 0.3 is 6.03 Å². The first kappa shape index (κ1) is 18.5. The summed E-state index contributed by atoms with van der Waals surface area (Å²) < 4.78 is 5.80. The molecule has 0 fully saturated rings. The van der Waals surface area contributed by atoms with Gasteiger partial charge in [0.1, 0.15) is 5.75 Å². The van der Waals surface area contributed by atoms with Gasteiger partial charge in [0.25, 0.3) is 0 Å². The summed E-state index contributed by atoms with van der Waals surface area (Å²) in [6, 6.07) is 12.6. The summed E-state index contributed by atoms with van der Waals surface area (Å²) in [4.78, 5) is 23.1. The molecular formula is C20H24N2O3. The van der Waals surface area contributed by atoms with E-state index >= 15 is 0 Å². The van der Waals surface area contributed by atoms with Crippen LogP contribution in [0.25, 0.3) is 0 Å². The zero-order valence-corrected chi connectivity index (χ0v) is 14.9. The molecule has 5 heteroatoms. The van der Waals surface area contributed by atoms with Crippen molar-refractivity contribution in [3.8, 4) is 5.75 Å². The number of Topliss-reactive ketones (excluding diaryl/α,β-unsaturated/α-hetero) is 1. The second kappa shape index (κ2) is 8.87. The lowest BCUT2D eigenvalue weighted by atomic mass is 10.1. The van der Waals surface area contributed by atoms with Gasteiger partial charge in [-0.05, 0) is 62.6 Å². The van der Waals surface area contributed by atoms with Crippen LogP contribution in [-0.4, -0.2) is 25.0 Å². The number of aryl methyl sites for hydroxylation is 2. The lowest BCUT2D eigenvalue weighted by Gasteiger charge is -2.12. The summed E-state index contributed by atoms with van der Waals surface area (Å²) in [5, 5.41) is 5.52. The number of carbonyl (C=O) groups is 2. The van der Waals surface area contributed by atoms with Crippen molar-refractivity contribution in [1.82, 2.24) is 5.32 Å². The number of ketones is 1. The quantitative estimate of drug-likeness (QED) is 0.589. The topological polar surface area (TPSA) is 67.4 Å². The van der Waals surface area contributed by atoms with Crippen LogP contribution >= 0.6 is 0 Å². The molecule has 0 unspecified atom stereocenters. The van der Waals surface area contributed by atoms with E-state index in [1.54, 1.807) is 24.3 Å². The summed E-state index contributed by atoms with van der Waals surface area (Å²) in [5.74, 6) is 0.914. The van der Waals surface area contributed by atoms with Crippen LogP contribution in [-0.2, 0) is 0 Å². The zero-order chi connectivity index (χ0) is 18.2. The molecule has 0 aliphatic heterocycles. The number of para-hydroxylation sites is 1. The Balaban J connectivity index is 1.69. The third kappa shape index (κ3) is 5.64. The van der Waals surface area contributed by atoms with E-state index in [4.69, 9.17) is 4.74 Å². The minimum atomic E-state index is -0.275. The van der Waals surface area contributed by atoms with Crippen molar-refractivity contribution in [2.45, 2.75) is 27.2 Å². The predicted octanol–water partition coefficient (Wildman–Crippen LogP) is 4.10. The van der Waals surface area contributed by atoms with Crippen LogP contribution in [0, 0.1) is 13.8 Å². The molecule has 0 atom stereocenters. The molecule has 0 aliphatic carbocycles. The third-order valence-corrected chi connectivity index (χ3v) is 3.81. The van der Waals surface area contributed by atoms with Crippen LogP contribution in [0.1, 0.15) is 34.8 Å². The molecule has 132 valence electrons. The molecule has 25 heavy (non-hydrogen) atoms. The van der Waals surface area contributed by atoms with Crippen molar-refractivity contribution in [1.29, 1.82) is 0 Å². The molecular weight excluding hydrogens is 316 g/mol. The minimum absolute atomic E-state index is 0.000101. The lowest BCUT2D eigenvalue weighted by Crippen LogP contribution is -2.30. The SMILES string of the molecule is CC(=O)c1ccc(NC(=O)NCCCOc2c(C)cccc2C)cc1. The maximum atomic E-state index is 11.8. The number of hydrogen-bond acceptors (Lipinski definition) is 3. The number of nitrogens with one attached hydrogen (secondary N) is 2. The van der Waals surface area contributed by atoms with E-state index < -0.39 is 0 Å². The second-order valence-corrected chi connectivity index (χ2v) is 5.94. The Bertz CT molecular complexity index is 719. The monoisotopic (exact) mass is 340 g/mol. The highest BCUT2D eigenvalue weighted by molar-refractivity contribution is 5.95. The average molecular weight is 340 g/mol. The van der Waals surface area contributed by atoms with Gasteiger partial charge in [0, 0.05) is 17.8 Å². The number of carbonyl (C=O) groups excluding carboxylic acids is 2. The van der Waals surface area contributed by atoms with Gasteiger partial charge in [0.05, 0.1) is 6.61 Å². The maximum absolute atomic E-state index is 11.8. The van der Waals surface area contributed by atoms with Crippen LogP contribution < -0.4 is 15.4 Å². The fourth-order valence-corrected chi connectivity index (χ4v) is 2.44. The van der Waals surface area contributed by atoms with Gasteiger partial charge in [-0.25, -0.2) is 4.79 Å². The molecule has 2 aromatic rings. The molecule has 0 radical (unpaired) electrons. The van der Waals surface area contributed by atoms with Crippen molar-refractivity contribution in [3.63, 3.8) is 0 Å². The lowest BCUT2D eigenvalue weighted by molar-refractivity contribution is 0.101. The molecule has 0 saturated carbocycles. The average Bonchev–Trinajstić information content (AvgIpc) is 2.57. The standard InChI is InChI=1S/C20H24N2O3/c1-14-6-4-7-15(2)19(14)25-13-5-12-21-20(24)22-18-10-8-17(9-11-18)16(3)23/h4,6-11H,5,12-13H2,1-3H3,(H2,21,22,24). The van der Waals surface area contributed by atoms with Gasteiger partial charge in [0.15, 0.2) is 5.78 Å². The van der Waals surface area contributed by atoms with Crippen LogP contribution in [0.2, 0.25) is 0 Å². The first-order valence-corrected chi connectivity index (χ1v) is 8.32.